The fourth-order valence-corrected chi connectivity index (χ4v) is 5.88. The highest BCUT2D eigenvalue weighted by Crippen LogP contribution is 2.46. The van der Waals surface area contributed by atoms with Crippen LogP contribution in [0.3, 0.4) is 0 Å². The average molecular weight is 529 g/mol. The number of ether oxygens (including phenoxy) is 1. The number of phenolic OH excluding ortho intramolecular Hbond substituents is 1. The lowest BCUT2D eigenvalue weighted by molar-refractivity contribution is -0.145. The van der Waals surface area contributed by atoms with E-state index >= 15 is 0 Å². The summed E-state index contributed by atoms with van der Waals surface area (Å²) in [5, 5.41) is 9.37. The third-order valence-corrected chi connectivity index (χ3v) is 7.71. The first-order chi connectivity index (χ1) is 18.4. The second-order valence-corrected chi connectivity index (χ2v) is 10.1. The van der Waals surface area contributed by atoms with Crippen molar-refractivity contribution in [1.29, 1.82) is 0 Å². The van der Waals surface area contributed by atoms with Crippen molar-refractivity contribution < 1.29 is 23.8 Å². The van der Waals surface area contributed by atoms with Gasteiger partial charge in [0.25, 0.3) is 0 Å². The molecule has 0 radical (unpaired) electrons. The maximum atomic E-state index is 13.5. The molecule has 6 nitrogen and oxygen atoms in total. The van der Waals surface area contributed by atoms with Crippen LogP contribution in [0.5, 0.6) is 5.75 Å². The Bertz CT molecular complexity index is 1410. The summed E-state index contributed by atoms with van der Waals surface area (Å²) in [6.45, 7) is 1.33. The first-order valence-corrected chi connectivity index (χ1v) is 13.1. The molecular formula is C30H25FN2O4S. The van der Waals surface area contributed by atoms with Gasteiger partial charge in [-0.25, -0.2) is 4.39 Å². The minimum Gasteiger partial charge on any atom is -0.508 e. The van der Waals surface area contributed by atoms with Crippen molar-refractivity contribution in [3.63, 3.8) is 0 Å². The van der Waals surface area contributed by atoms with Gasteiger partial charge in [-0.1, -0.05) is 42.5 Å². The highest BCUT2D eigenvalue weighted by Gasteiger charge is 2.49. The molecule has 8 heteroatoms. The van der Waals surface area contributed by atoms with Crippen molar-refractivity contribution in [3.05, 3.63) is 114 Å². The number of aromatic hydroxyl groups is 1. The van der Waals surface area contributed by atoms with E-state index in [0.29, 0.717) is 11.3 Å². The molecule has 1 unspecified atom stereocenters. The molecule has 0 aliphatic carbocycles. The van der Waals surface area contributed by atoms with Gasteiger partial charge in [0.15, 0.2) is 0 Å². The van der Waals surface area contributed by atoms with Gasteiger partial charge in [0, 0.05) is 30.8 Å². The number of pyridine rings is 1. The molecule has 1 aromatic heterocycles. The number of rotatable bonds is 8. The number of carbonyl (C=O) groups excluding carboxylic acids is 2. The van der Waals surface area contributed by atoms with E-state index in [1.54, 1.807) is 53.7 Å². The summed E-state index contributed by atoms with van der Waals surface area (Å²) in [6.07, 6.45) is 2.88. The largest absolute Gasteiger partial charge is 0.508 e. The molecule has 2 heterocycles. The molecule has 1 saturated heterocycles. The van der Waals surface area contributed by atoms with Crippen LogP contribution in [-0.2, 0) is 14.3 Å². The van der Waals surface area contributed by atoms with E-state index in [2.05, 4.69) is 4.98 Å². The number of halogens is 1. The van der Waals surface area contributed by atoms with Crippen molar-refractivity contribution in [3.8, 4) is 16.9 Å². The van der Waals surface area contributed by atoms with Gasteiger partial charge in [0.05, 0.1) is 6.04 Å². The molecule has 1 aliphatic heterocycles. The molecule has 192 valence electrons. The summed E-state index contributed by atoms with van der Waals surface area (Å²) in [4.78, 5) is 31.1. The van der Waals surface area contributed by atoms with Crippen LogP contribution in [0.1, 0.15) is 30.2 Å². The van der Waals surface area contributed by atoms with Gasteiger partial charge in [0.1, 0.15) is 22.9 Å². The number of thioether (sulfide) groups is 1. The number of β-lactam (4-membered cyclic amide) rings is 1. The van der Waals surface area contributed by atoms with Gasteiger partial charge in [-0.15, -0.1) is 11.8 Å². The van der Waals surface area contributed by atoms with Crippen LogP contribution in [0.2, 0.25) is 0 Å². The standard InChI is InChI=1S/C30H25FN2O4S/c1-19(34)37-27(21-4-10-24(31)11-5-21)18-38-29-28(22-8-14-26(35)15-9-22)33(30(29)36)25-12-6-20(7-13-25)23-3-2-16-32-17-23/h2-17,27-29,35H,18H2,1H3/t27?,28-,29-/m1/s1. The first kappa shape index (κ1) is 25.5. The van der Waals surface area contributed by atoms with Crippen LogP contribution >= 0.6 is 11.8 Å². The molecule has 0 spiro atoms. The van der Waals surface area contributed by atoms with Gasteiger partial charge in [-0.2, -0.15) is 0 Å². The summed E-state index contributed by atoms with van der Waals surface area (Å²) in [5.74, 6) is -0.436. The second-order valence-electron chi connectivity index (χ2n) is 8.94. The van der Waals surface area contributed by atoms with Crippen molar-refractivity contribution in [2.24, 2.45) is 0 Å². The van der Waals surface area contributed by atoms with E-state index in [0.717, 1.165) is 22.4 Å². The highest BCUT2D eigenvalue weighted by molar-refractivity contribution is 8.00. The molecular weight excluding hydrogens is 503 g/mol. The number of nitrogens with zero attached hydrogens (tertiary/aromatic N) is 2. The second kappa shape index (κ2) is 11.1. The molecule has 0 saturated carbocycles. The van der Waals surface area contributed by atoms with Gasteiger partial charge >= 0.3 is 5.97 Å². The lowest BCUT2D eigenvalue weighted by atomic mass is 9.92. The van der Waals surface area contributed by atoms with Crippen LogP contribution in [0.15, 0.2) is 97.3 Å². The van der Waals surface area contributed by atoms with Crippen molar-refractivity contribution in [1.82, 2.24) is 4.98 Å². The van der Waals surface area contributed by atoms with Gasteiger partial charge < -0.3 is 14.7 Å². The third-order valence-electron chi connectivity index (χ3n) is 6.40. The van der Waals surface area contributed by atoms with Crippen molar-refractivity contribution >= 4 is 29.3 Å². The summed E-state index contributed by atoms with van der Waals surface area (Å²) < 4.78 is 19.0. The summed E-state index contributed by atoms with van der Waals surface area (Å²) in [6, 6.07) is 23.9. The maximum Gasteiger partial charge on any atom is 0.303 e. The molecule has 5 rings (SSSR count). The van der Waals surface area contributed by atoms with Gasteiger partial charge in [-0.05, 0) is 64.7 Å². The van der Waals surface area contributed by atoms with Crippen molar-refractivity contribution in [2.45, 2.75) is 24.3 Å². The lowest BCUT2D eigenvalue weighted by Crippen LogP contribution is -2.57. The normalized spacial score (nSPS) is 17.5. The maximum absolute atomic E-state index is 13.5. The molecule has 3 atom stereocenters. The Balaban J connectivity index is 1.39. The predicted octanol–water partition coefficient (Wildman–Crippen LogP) is 6.09. The smallest absolute Gasteiger partial charge is 0.303 e. The van der Waals surface area contributed by atoms with E-state index in [9.17, 15) is 19.1 Å². The topological polar surface area (TPSA) is 79.7 Å². The van der Waals surface area contributed by atoms with Crippen LogP contribution < -0.4 is 4.90 Å². The molecule has 38 heavy (non-hydrogen) atoms. The number of amides is 1. The molecule has 1 amide bonds. The Kier molecular flexibility index (Phi) is 7.42. The average Bonchev–Trinajstić information content (AvgIpc) is 2.93. The first-order valence-electron chi connectivity index (χ1n) is 12.1. The van der Waals surface area contributed by atoms with Crippen LogP contribution in [0.25, 0.3) is 11.1 Å². The number of hydrogen-bond acceptors (Lipinski definition) is 6. The van der Waals surface area contributed by atoms with E-state index in [-0.39, 0.29) is 23.5 Å². The fourth-order valence-electron chi connectivity index (χ4n) is 4.52. The monoisotopic (exact) mass is 528 g/mol. The lowest BCUT2D eigenvalue weighted by Gasteiger charge is -2.47. The zero-order chi connectivity index (χ0) is 26.6. The van der Waals surface area contributed by atoms with Gasteiger partial charge in [0.2, 0.25) is 5.91 Å². The zero-order valence-corrected chi connectivity index (χ0v) is 21.3. The van der Waals surface area contributed by atoms with E-state index in [4.69, 9.17) is 4.74 Å². The van der Waals surface area contributed by atoms with E-state index in [1.165, 1.54) is 30.8 Å². The number of phenols is 1. The Morgan fingerprint density at radius 3 is 2.37 bits per heavy atom. The minimum absolute atomic E-state index is 0.0668. The number of aromatic nitrogens is 1. The van der Waals surface area contributed by atoms with Gasteiger partial charge in [-0.3, -0.25) is 14.6 Å². The minimum atomic E-state index is -0.626. The van der Waals surface area contributed by atoms with Crippen molar-refractivity contribution in [2.75, 3.05) is 10.7 Å². The Morgan fingerprint density at radius 1 is 1.03 bits per heavy atom. The van der Waals surface area contributed by atoms with Crippen LogP contribution in [-0.4, -0.2) is 33.0 Å². The fraction of sp³-hybridized carbons (Fsp3) is 0.167. The SMILES string of the molecule is CC(=O)OC(CS[C@H]1C(=O)N(c2ccc(-c3cccnc3)cc2)[C@@H]1c1ccc(O)cc1)c1ccc(F)cc1. The van der Waals surface area contributed by atoms with E-state index in [1.807, 2.05) is 36.4 Å². The van der Waals surface area contributed by atoms with E-state index < -0.39 is 17.3 Å². The zero-order valence-electron chi connectivity index (χ0n) is 20.5. The Labute approximate surface area is 224 Å². The molecule has 1 N–H and O–H groups in total. The summed E-state index contributed by atoms with van der Waals surface area (Å²) in [5.41, 5.74) is 4.26. The molecule has 3 aromatic carbocycles. The van der Waals surface area contributed by atoms with Crippen LogP contribution in [0.4, 0.5) is 10.1 Å². The number of benzene rings is 3. The predicted molar refractivity (Wildman–Crippen MR) is 145 cm³/mol. The number of esters is 1. The number of anilines is 1. The summed E-state index contributed by atoms with van der Waals surface area (Å²) >= 11 is 1.39. The Hall–Kier alpha value is -4.17. The quantitative estimate of drug-likeness (QED) is 0.220. The number of carbonyl (C=O) groups is 2. The molecule has 1 fully saturated rings. The highest BCUT2D eigenvalue weighted by atomic mass is 32.2. The van der Waals surface area contributed by atoms with Crippen LogP contribution in [0, 0.1) is 5.82 Å². The third kappa shape index (κ3) is 5.40. The molecule has 4 aromatic rings. The number of hydrogen-bond donors (Lipinski definition) is 1. The molecule has 0 bridgehead atoms. The molecule has 1 aliphatic rings. The Morgan fingerprint density at radius 2 is 1.74 bits per heavy atom. The summed E-state index contributed by atoms with van der Waals surface area (Å²) in [7, 11) is 0.